The lowest BCUT2D eigenvalue weighted by atomic mass is 10.1. The van der Waals surface area contributed by atoms with E-state index in [2.05, 4.69) is 22.2 Å². The summed E-state index contributed by atoms with van der Waals surface area (Å²) in [5, 5.41) is 3.04. The van der Waals surface area contributed by atoms with E-state index in [0.717, 1.165) is 42.8 Å². The monoisotopic (exact) mass is 286 g/mol. The molecule has 0 aliphatic carbocycles. The molecule has 5 nitrogen and oxygen atoms in total. The van der Waals surface area contributed by atoms with Crippen LogP contribution < -0.4 is 5.32 Å². The number of benzene rings is 1. The van der Waals surface area contributed by atoms with Crippen molar-refractivity contribution in [3.8, 4) is 0 Å². The SMILES string of the molecule is CCC1CCN(C(=O)NC(C)c2nc3ccccc3[nH]2)C1. The Morgan fingerprint density at radius 2 is 2.33 bits per heavy atom. The molecule has 112 valence electrons. The standard InChI is InChI=1S/C16H22N4O/c1-3-12-8-9-20(10-12)16(21)17-11(2)15-18-13-6-4-5-7-14(13)19-15/h4-7,11-12H,3,8-10H2,1-2H3,(H,17,21)(H,18,19). The van der Waals surface area contributed by atoms with E-state index in [1.54, 1.807) is 0 Å². The van der Waals surface area contributed by atoms with Gasteiger partial charge in [0, 0.05) is 13.1 Å². The van der Waals surface area contributed by atoms with E-state index >= 15 is 0 Å². The number of aromatic nitrogens is 2. The molecule has 0 bridgehead atoms. The minimum absolute atomic E-state index is 0.0129. The Hall–Kier alpha value is -2.04. The molecule has 0 radical (unpaired) electrons. The van der Waals surface area contributed by atoms with Gasteiger partial charge < -0.3 is 15.2 Å². The Kier molecular flexibility index (Phi) is 3.82. The normalized spacial score (nSPS) is 19.9. The van der Waals surface area contributed by atoms with Crippen molar-refractivity contribution < 1.29 is 4.79 Å². The summed E-state index contributed by atoms with van der Waals surface area (Å²) in [6.07, 6.45) is 2.26. The summed E-state index contributed by atoms with van der Waals surface area (Å²) in [5.74, 6) is 1.45. The van der Waals surface area contributed by atoms with E-state index in [4.69, 9.17) is 0 Å². The van der Waals surface area contributed by atoms with Crippen LogP contribution in [0, 0.1) is 5.92 Å². The van der Waals surface area contributed by atoms with E-state index in [1.165, 1.54) is 0 Å². The van der Waals surface area contributed by atoms with Gasteiger partial charge in [0.15, 0.2) is 0 Å². The van der Waals surface area contributed by atoms with Gasteiger partial charge in [-0.25, -0.2) is 9.78 Å². The third-order valence-electron chi connectivity index (χ3n) is 4.31. The molecule has 3 rings (SSSR count). The number of carbonyl (C=O) groups is 1. The molecule has 2 amide bonds. The predicted octanol–water partition coefficient (Wildman–Crippen LogP) is 3.07. The van der Waals surface area contributed by atoms with Gasteiger partial charge in [-0.1, -0.05) is 25.5 Å². The highest BCUT2D eigenvalue weighted by molar-refractivity contribution is 5.76. The fraction of sp³-hybridized carbons (Fsp3) is 0.500. The summed E-state index contributed by atoms with van der Waals surface area (Å²) >= 11 is 0. The van der Waals surface area contributed by atoms with Crippen molar-refractivity contribution in [1.82, 2.24) is 20.2 Å². The molecule has 2 heterocycles. The van der Waals surface area contributed by atoms with Crippen LogP contribution in [0.4, 0.5) is 4.79 Å². The molecule has 1 fully saturated rings. The summed E-state index contributed by atoms with van der Waals surface area (Å²) in [6.45, 7) is 5.87. The Labute approximate surface area is 124 Å². The Morgan fingerprint density at radius 3 is 3.05 bits per heavy atom. The maximum Gasteiger partial charge on any atom is 0.317 e. The van der Waals surface area contributed by atoms with Crippen molar-refractivity contribution in [2.75, 3.05) is 13.1 Å². The van der Waals surface area contributed by atoms with E-state index in [1.807, 2.05) is 36.1 Å². The molecule has 2 atom stereocenters. The molecule has 5 heteroatoms. The molecule has 2 unspecified atom stereocenters. The predicted molar refractivity (Wildman–Crippen MR) is 83.0 cm³/mol. The fourth-order valence-electron chi connectivity index (χ4n) is 2.87. The Morgan fingerprint density at radius 1 is 1.52 bits per heavy atom. The minimum atomic E-state index is -0.120. The highest BCUT2D eigenvalue weighted by atomic mass is 16.2. The fourth-order valence-corrected chi connectivity index (χ4v) is 2.87. The first-order valence-electron chi connectivity index (χ1n) is 7.67. The van der Waals surface area contributed by atoms with Crippen LogP contribution in [-0.4, -0.2) is 34.0 Å². The number of nitrogens with zero attached hydrogens (tertiary/aromatic N) is 2. The van der Waals surface area contributed by atoms with Gasteiger partial charge in [0.2, 0.25) is 0 Å². The van der Waals surface area contributed by atoms with Crippen LogP contribution in [0.15, 0.2) is 24.3 Å². The first-order chi connectivity index (χ1) is 10.2. The van der Waals surface area contributed by atoms with Crippen molar-refractivity contribution in [3.63, 3.8) is 0 Å². The summed E-state index contributed by atoms with van der Waals surface area (Å²) < 4.78 is 0. The number of carbonyl (C=O) groups excluding carboxylic acids is 1. The van der Waals surface area contributed by atoms with Crippen LogP contribution in [0.5, 0.6) is 0 Å². The molecular formula is C16H22N4O. The topological polar surface area (TPSA) is 61.0 Å². The number of likely N-dealkylation sites (tertiary alicyclic amines) is 1. The van der Waals surface area contributed by atoms with Gasteiger partial charge in [-0.15, -0.1) is 0 Å². The third-order valence-corrected chi connectivity index (χ3v) is 4.31. The number of H-pyrrole nitrogens is 1. The Balaban J connectivity index is 1.65. The zero-order valence-corrected chi connectivity index (χ0v) is 12.6. The molecule has 1 aliphatic rings. The second-order valence-electron chi connectivity index (χ2n) is 5.82. The summed E-state index contributed by atoms with van der Waals surface area (Å²) in [4.78, 5) is 22.0. The van der Waals surface area contributed by atoms with Crippen molar-refractivity contribution in [1.29, 1.82) is 0 Å². The van der Waals surface area contributed by atoms with E-state index in [0.29, 0.717) is 5.92 Å². The van der Waals surface area contributed by atoms with Crippen LogP contribution in [0.3, 0.4) is 0 Å². The van der Waals surface area contributed by atoms with Gasteiger partial charge in [-0.3, -0.25) is 0 Å². The van der Waals surface area contributed by atoms with Gasteiger partial charge in [-0.2, -0.15) is 0 Å². The maximum absolute atomic E-state index is 12.3. The number of fused-ring (bicyclic) bond motifs is 1. The highest BCUT2D eigenvalue weighted by Gasteiger charge is 2.26. The number of urea groups is 1. The number of nitrogens with one attached hydrogen (secondary N) is 2. The summed E-state index contributed by atoms with van der Waals surface area (Å²) in [5.41, 5.74) is 1.93. The number of hydrogen-bond acceptors (Lipinski definition) is 2. The largest absolute Gasteiger partial charge is 0.340 e. The third kappa shape index (κ3) is 2.86. The van der Waals surface area contributed by atoms with Gasteiger partial charge >= 0.3 is 6.03 Å². The first-order valence-corrected chi connectivity index (χ1v) is 7.67. The minimum Gasteiger partial charge on any atom is -0.340 e. The van der Waals surface area contributed by atoms with Crippen LogP contribution in [0.25, 0.3) is 11.0 Å². The quantitative estimate of drug-likeness (QED) is 0.911. The van der Waals surface area contributed by atoms with E-state index in [-0.39, 0.29) is 12.1 Å². The van der Waals surface area contributed by atoms with Crippen LogP contribution in [0.1, 0.15) is 38.6 Å². The second-order valence-corrected chi connectivity index (χ2v) is 5.82. The zero-order valence-electron chi connectivity index (χ0n) is 12.6. The molecule has 1 aromatic carbocycles. The van der Waals surface area contributed by atoms with Gasteiger partial charge in [-0.05, 0) is 31.4 Å². The lowest BCUT2D eigenvalue weighted by Crippen LogP contribution is -2.39. The lowest BCUT2D eigenvalue weighted by Gasteiger charge is -2.20. The average molecular weight is 286 g/mol. The number of aromatic amines is 1. The lowest BCUT2D eigenvalue weighted by molar-refractivity contribution is 0.203. The number of amides is 2. The first kappa shape index (κ1) is 13.9. The molecule has 2 aromatic rings. The molecular weight excluding hydrogens is 264 g/mol. The van der Waals surface area contributed by atoms with Crippen molar-refractivity contribution in [3.05, 3.63) is 30.1 Å². The number of para-hydroxylation sites is 2. The summed E-state index contributed by atoms with van der Waals surface area (Å²) in [7, 11) is 0. The van der Waals surface area contributed by atoms with Crippen molar-refractivity contribution >= 4 is 17.1 Å². The van der Waals surface area contributed by atoms with Gasteiger partial charge in [0.05, 0.1) is 17.1 Å². The molecule has 2 N–H and O–H groups in total. The van der Waals surface area contributed by atoms with Crippen LogP contribution >= 0.6 is 0 Å². The molecule has 1 aromatic heterocycles. The molecule has 0 saturated carbocycles. The zero-order chi connectivity index (χ0) is 14.8. The molecule has 21 heavy (non-hydrogen) atoms. The summed E-state index contributed by atoms with van der Waals surface area (Å²) in [6, 6.07) is 7.79. The van der Waals surface area contributed by atoms with Gasteiger partial charge in [0.1, 0.15) is 5.82 Å². The molecule has 1 aliphatic heterocycles. The Bertz CT molecular complexity index is 603. The number of hydrogen-bond donors (Lipinski definition) is 2. The maximum atomic E-state index is 12.3. The molecule has 0 spiro atoms. The smallest absolute Gasteiger partial charge is 0.317 e. The molecule has 1 saturated heterocycles. The van der Waals surface area contributed by atoms with Crippen molar-refractivity contribution in [2.45, 2.75) is 32.7 Å². The average Bonchev–Trinajstić information content (AvgIpc) is 3.13. The number of imidazole rings is 1. The highest BCUT2D eigenvalue weighted by Crippen LogP contribution is 2.20. The van der Waals surface area contributed by atoms with Gasteiger partial charge in [0.25, 0.3) is 0 Å². The van der Waals surface area contributed by atoms with Crippen molar-refractivity contribution in [2.24, 2.45) is 5.92 Å². The van der Waals surface area contributed by atoms with E-state index in [9.17, 15) is 4.79 Å². The second kappa shape index (κ2) is 5.76. The number of rotatable bonds is 3. The van der Waals surface area contributed by atoms with Crippen LogP contribution in [-0.2, 0) is 0 Å². The van der Waals surface area contributed by atoms with Crippen LogP contribution in [0.2, 0.25) is 0 Å². The van der Waals surface area contributed by atoms with E-state index < -0.39 is 0 Å².